The van der Waals surface area contributed by atoms with Crippen molar-refractivity contribution >= 4 is 5.97 Å². The largest absolute Gasteiger partial charge is 0.479 e. The molecule has 3 fully saturated rings. The number of carboxylic acid groups (broad SMARTS) is 1. The first-order valence-electron chi connectivity index (χ1n) is 6.28. The number of carbonyl (C=O) groups is 1. The summed E-state index contributed by atoms with van der Waals surface area (Å²) >= 11 is 0. The molecule has 0 bridgehead atoms. The lowest BCUT2D eigenvalue weighted by atomic mass is 9.99. The number of aliphatic carboxylic acids is 1. The first kappa shape index (κ1) is 13.3. The highest BCUT2D eigenvalue weighted by Crippen LogP contribution is 2.43. The summed E-state index contributed by atoms with van der Waals surface area (Å²) in [6, 6.07) is 0. The molecule has 108 valence electrons. The van der Waals surface area contributed by atoms with Crippen molar-refractivity contribution in [1.29, 1.82) is 0 Å². The normalized spacial score (nSPS) is 46.6. The van der Waals surface area contributed by atoms with Gasteiger partial charge in [-0.25, -0.2) is 4.79 Å². The summed E-state index contributed by atoms with van der Waals surface area (Å²) in [5.74, 6) is -2.79. The molecule has 1 unspecified atom stereocenters. The maximum atomic E-state index is 11.3. The highest BCUT2D eigenvalue weighted by Gasteiger charge is 2.62. The third-order valence-corrected chi connectivity index (χ3v) is 3.40. The Bertz CT molecular complexity index is 405. The van der Waals surface area contributed by atoms with Gasteiger partial charge in [0.2, 0.25) is 0 Å². The monoisotopic (exact) mass is 274 g/mol. The summed E-state index contributed by atoms with van der Waals surface area (Å²) in [5.41, 5.74) is 0. The van der Waals surface area contributed by atoms with E-state index in [1.54, 1.807) is 27.7 Å². The number of rotatable bonds is 1. The van der Waals surface area contributed by atoms with Crippen LogP contribution >= 0.6 is 0 Å². The van der Waals surface area contributed by atoms with Crippen molar-refractivity contribution in [2.24, 2.45) is 0 Å². The third-order valence-electron chi connectivity index (χ3n) is 3.40. The molecule has 0 aromatic rings. The van der Waals surface area contributed by atoms with E-state index in [1.807, 2.05) is 0 Å². The highest BCUT2D eigenvalue weighted by molar-refractivity contribution is 5.73. The minimum Gasteiger partial charge on any atom is -0.479 e. The molecule has 7 heteroatoms. The van der Waals surface area contributed by atoms with Gasteiger partial charge in [0, 0.05) is 0 Å². The molecule has 3 aliphatic rings. The molecule has 19 heavy (non-hydrogen) atoms. The molecule has 7 nitrogen and oxygen atoms in total. The average Bonchev–Trinajstić information content (AvgIpc) is 2.70. The van der Waals surface area contributed by atoms with Crippen LogP contribution in [0.3, 0.4) is 0 Å². The second kappa shape index (κ2) is 3.89. The predicted octanol–water partition coefficient (Wildman–Crippen LogP) is 0.467. The van der Waals surface area contributed by atoms with Gasteiger partial charge in [0.15, 0.2) is 24.0 Å². The first-order valence-corrected chi connectivity index (χ1v) is 6.28. The summed E-state index contributed by atoms with van der Waals surface area (Å²) in [6.45, 7) is 6.97. The lowest BCUT2D eigenvalue weighted by Crippen LogP contribution is -2.57. The van der Waals surface area contributed by atoms with E-state index in [0.717, 1.165) is 0 Å². The van der Waals surface area contributed by atoms with E-state index in [0.29, 0.717) is 0 Å². The molecule has 0 saturated carbocycles. The molecule has 5 atom stereocenters. The van der Waals surface area contributed by atoms with Crippen molar-refractivity contribution in [2.45, 2.75) is 70.0 Å². The van der Waals surface area contributed by atoms with Crippen LogP contribution in [0, 0.1) is 0 Å². The van der Waals surface area contributed by atoms with Crippen LogP contribution in [0.2, 0.25) is 0 Å². The number of hydrogen-bond donors (Lipinski definition) is 1. The first-order chi connectivity index (χ1) is 8.69. The van der Waals surface area contributed by atoms with Crippen LogP contribution in [0.15, 0.2) is 0 Å². The fourth-order valence-electron chi connectivity index (χ4n) is 2.81. The molecule has 0 spiro atoms. The third kappa shape index (κ3) is 2.15. The molecular formula is C12H18O7. The van der Waals surface area contributed by atoms with Crippen LogP contribution in [0.1, 0.15) is 27.7 Å². The van der Waals surface area contributed by atoms with Crippen LogP contribution in [0.4, 0.5) is 0 Å². The Balaban J connectivity index is 1.91. The molecule has 3 rings (SSSR count). The number of ether oxygens (including phenoxy) is 5. The van der Waals surface area contributed by atoms with Gasteiger partial charge < -0.3 is 28.8 Å². The summed E-state index contributed by atoms with van der Waals surface area (Å²) < 4.78 is 28.2. The van der Waals surface area contributed by atoms with E-state index in [9.17, 15) is 9.90 Å². The fraction of sp³-hybridized carbons (Fsp3) is 0.917. The number of hydrogen-bond acceptors (Lipinski definition) is 6. The predicted molar refractivity (Wildman–Crippen MR) is 60.2 cm³/mol. The molecule has 3 saturated heterocycles. The van der Waals surface area contributed by atoms with Crippen LogP contribution < -0.4 is 0 Å². The zero-order valence-corrected chi connectivity index (χ0v) is 11.3. The van der Waals surface area contributed by atoms with Crippen LogP contribution in [0.5, 0.6) is 0 Å². The molecule has 1 N–H and O–H groups in total. The summed E-state index contributed by atoms with van der Waals surface area (Å²) in [6.07, 6.45) is -3.58. The van der Waals surface area contributed by atoms with Gasteiger partial charge in [-0.15, -0.1) is 0 Å². The van der Waals surface area contributed by atoms with E-state index in [2.05, 4.69) is 0 Å². The molecule has 0 radical (unpaired) electrons. The molecule has 3 aliphatic heterocycles. The van der Waals surface area contributed by atoms with E-state index < -0.39 is 48.2 Å². The van der Waals surface area contributed by atoms with Crippen molar-refractivity contribution < 1.29 is 33.6 Å². The topological polar surface area (TPSA) is 83.5 Å². The number of carboxylic acids is 1. The number of fused-ring (bicyclic) bond motifs is 3. The van der Waals surface area contributed by atoms with Gasteiger partial charge in [-0.3, -0.25) is 0 Å². The van der Waals surface area contributed by atoms with Gasteiger partial charge in [0.05, 0.1) is 0 Å². The quantitative estimate of drug-likeness (QED) is 0.744. The SMILES string of the molecule is CC1(C)O[C@H]2O[C@H](C(=O)O)[C@@H]3OC(C)(C)OC3[C@H]2O1. The van der Waals surface area contributed by atoms with Crippen molar-refractivity contribution in [3.8, 4) is 0 Å². The Morgan fingerprint density at radius 2 is 1.42 bits per heavy atom. The van der Waals surface area contributed by atoms with Gasteiger partial charge in [-0.05, 0) is 27.7 Å². The Labute approximate surface area is 110 Å². The van der Waals surface area contributed by atoms with Gasteiger partial charge in [0.25, 0.3) is 0 Å². The Morgan fingerprint density at radius 1 is 0.895 bits per heavy atom. The molecule has 3 heterocycles. The van der Waals surface area contributed by atoms with Crippen LogP contribution in [-0.4, -0.2) is 53.4 Å². The Hall–Kier alpha value is -0.730. The minimum absolute atomic E-state index is 0.489. The average molecular weight is 274 g/mol. The van der Waals surface area contributed by atoms with Crippen molar-refractivity contribution in [3.05, 3.63) is 0 Å². The van der Waals surface area contributed by atoms with E-state index in [-0.39, 0.29) is 0 Å². The lowest BCUT2D eigenvalue weighted by Gasteiger charge is -2.35. The Morgan fingerprint density at radius 3 is 2.05 bits per heavy atom. The summed E-state index contributed by atoms with van der Waals surface area (Å²) in [7, 11) is 0. The fourth-order valence-corrected chi connectivity index (χ4v) is 2.81. The second-order valence-electron chi connectivity index (χ2n) is 5.93. The zero-order valence-electron chi connectivity index (χ0n) is 11.3. The second-order valence-corrected chi connectivity index (χ2v) is 5.93. The minimum atomic E-state index is -1.12. The maximum absolute atomic E-state index is 11.3. The zero-order chi connectivity index (χ0) is 14.0. The van der Waals surface area contributed by atoms with E-state index >= 15 is 0 Å². The standard InChI is InChI=1S/C12H18O7/c1-11(2)16-5-6(17-11)8-10(15-7(5)9(13)14)19-12(3,4)18-8/h5-8,10H,1-4H3,(H,13,14)/t5-,6?,7+,8-,10-/m1/s1. The highest BCUT2D eigenvalue weighted by atomic mass is 16.9. The van der Waals surface area contributed by atoms with E-state index in [4.69, 9.17) is 23.7 Å². The smallest absolute Gasteiger partial charge is 0.335 e. The molecular weight excluding hydrogens is 256 g/mol. The van der Waals surface area contributed by atoms with Gasteiger partial charge >= 0.3 is 5.97 Å². The van der Waals surface area contributed by atoms with Crippen molar-refractivity contribution in [1.82, 2.24) is 0 Å². The van der Waals surface area contributed by atoms with Gasteiger partial charge in [0.1, 0.15) is 18.3 Å². The van der Waals surface area contributed by atoms with Crippen molar-refractivity contribution in [3.63, 3.8) is 0 Å². The molecule has 0 aliphatic carbocycles. The van der Waals surface area contributed by atoms with Gasteiger partial charge in [-0.1, -0.05) is 0 Å². The van der Waals surface area contributed by atoms with E-state index in [1.165, 1.54) is 0 Å². The van der Waals surface area contributed by atoms with Crippen LogP contribution in [-0.2, 0) is 28.5 Å². The maximum Gasteiger partial charge on any atom is 0.335 e. The Kier molecular flexibility index (Phi) is 2.72. The summed E-state index contributed by atoms with van der Waals surface area (Å²) in [5, 5.41) is 9.25. The molecule has 0 amide bonds. The van der Waals surface area contributed by atoms with Gasteiger partial charge in [-0.2, -0.15) is 0 Å². The lowest BCUT2D eigenvalue weighted by molar-refractivity contribution is -0.237. The van der Waals surface area contributed by atoms with Crippen molar-refractivity contribution in [2.75, 3.05) is 0 Å². The molecule has 0 aromatic heterocycles. The van der Waals surface area contributed by atoms with Crippen LogP contribution in [0.25, 0.3) is 0 Å². The molecule has 0 aromatic carbocycles. The summed E-state index contributed by atoms with van der Waals surface area (Å²) in [4.78, 5) is 11.3.